The number of rotatable bonds is 5. The molecule has 1 aromatic carbocycles. The fourth-order valence-electron chi connectivity index (χ4n) is 1.09. The van der Waals surface area contributed by atoms with Crippen LogP contribution in [0, 0.1) is 0 Å². The van der Waals surface area contributed by atoms with Gasteiger partial charge in [0.15, 0.2) is 6.61 Å². The Morgan fingerprint density at radius 2 is 1.78 bits per heavy atom. The highest BCUT2D eigenvalue weighted by Gasteiger charge is 2.10. The van der Waals surface area contributed by atoms with Gasteiger partial charge in [-0.05, 0) is 12.1 Å². The standard InChI is InChI=1S/C12H13NO5/c1-17-11(15)8-18-10(14)7-13-12(16)9-5-3-2-4-6-9/h2-6H,7-8H2,1H3,(H,13,16). The summed E-state index contributed by atoms with van der Waals surface area (Å²) in [5.41, 5.74) is 0.443. The Bertz CT molecular complexity index is 429. The van der Waals surface area contributed by atoms with Gasteiger partial charge in [-0.15, -0.1) is 0 Å². The molecule has 6 heteroatoms. The number of esters is 2. The molecule has 0 aliphatic carbocycles. The van der Waals surface area contributed by atoms with Gasteiger partial charge in [-0.25, -0.2) is 4.79 Å². The van der Waals surface area contributed by atoms with E-state index in [1.807, 2.05) is 0 Å². The van der Waals surface area contributed by atoms with Crippen LogP contribution in [-0.2, 0) is 19.1 Å². The van der Waals surface area contributed by atoms with Gasteiger partial charge in [-0.3, -0.25) is 9.59 Å². The van der Waals surface area contributed by atoms with Crippen LogP contribution in [0.5, 0.6) is 0 Å². The van der Waals surface area contributed by atoms with E-state index in [1.165, 1.54) is 7.11 Å². The van der Waals surface area contributed by atoms with E-state index < -0.39 is 18.5 Å². The van der Waals surface area contributed by atoms with Gasteiger partial charge in [0.05, 0.1) is 7.11 Å². The van der Waals surface area contributed by atoms with E-state index in [-0.39, 0.29) is 12.5 Å². The third kappa shape index (κ3) is 4.65. The number of carbonyl (C=O) groups is 3. The predicted molar refractivity (Wildman–Crippen MR) is 61.8 cm³/mol. The van der Waals surface area contributed by atoms with Crippen molar-refractivity contribution in [3.63, 3.8) is 0 Å². The summed E-state index contributed by atoms with van der Waals surface area (Å²) in [6.07, 6.45) is 0. The minimum Gasteiger partial charge on any atom is -0.466 e. The Kier molecular flexibility index (Phi) is 5.37. The van der Waals surface area contributed by atoms with E-state index in [2.05, 4.69) is 14.8 Å². The Balaban J connectivity index is 2.31. The second-order valence-corrected chi connectivity index (χ2v) is 3.29. The molecule has 96 valence electrons. The Morgan fingerprint density at radius 3 is 2.39 bits per heavy atom. The third-order valence-corrected chi connectivity index (χ3v) is 2.01. The molecule has 0 heterocycles. The summed E-state index contributed by atoms with van der Waals surface area (Å²) in [5, 5.41) is 2.37. The quantitative estimate of drug-likeness (QED) is 0.752. The van der Waals surface area contributed by atoms with Gasteiger partial charge >= 0.3 is 11.9 Å². The predicted octanol–water partition coefficient (Wildman–Crippen LogP) is 0.133. The first-order chi connectivity index (χ1) is 8.63. The molecule has 0 unspecified atom stereocenters. The third-order valence-electron chi connectivity index (χ3n) is 2.01. The number of benzene rings is 1. The molecular weight excluding hydrogens is 238 g/mol. The minimum absolute atomic E-state index is 0.301. The van der Waals surface area contributed by atoms with Gasteiger partial charge in [0.25, 0.3) is 5.91 Å². The molecule has 18 heavy (non-hydrogen) atoms. The van der Waals surface area contributed by atoms with E-state index in [1.54, 1.807) is 30.3 Å². The molecule has 0 spiro atoms. The molecule has 0 saturated heterocycles. The summed E-state index contributed by atoms with van der Waals surface area (Å²) in [5.74, 6) is -1.74. The maximum Gasteiger partial charge on any atom is 0.344 e. The highest BCUT2D eigenvalue weighted by atomic mass is 16.6. The Hall–Kier alpha value is -2.37. The molecule has 1 amide bonds. The van der Waals surface area contributed by atoms with Crippen LogP contribution in [0.4, 0.5) is 0 Å². The second kappa shape index (κ2) is 7.05. The summed E-state index contributed by atoms with van der Waals surface area (Å²) in [7, 11) is 1.19. The molecule has 1 rings (SSSR count). The van der Waals surface area contributed by atoms with Gasteiger partial charge in [-0.2, -0.15) is 0 Å². The summed E-state index contributed by atoms with van der Waals surface area (Å²) >= 11 is 0. The lowest BCUT2D eigenvalue weighted by atomic mass is 10.2. The number of ether oxygens (including phenoxy) is 2. The van der Waals surface area contributed by atoms with Crippen molar-refractivity contribution in [1.82, 2.24) is 5.32 Å². The molecule has 0 fully saturated rings. The zero-order chi connectivity index (χ0) is 13.4. The molecule has 0 bridgehead atoms. The van der Waals surface area contributed by atoms with Crippen molar-refractivity contribution in [3.8, 4) is 0 Å². The molecular formula is C12H13NO5. The molecule has 6 nitrogen and oxygen atoms in total. The maximum atomic E-state index is 11.5. The number of hydrogen-bond acceptors (Lipinski definition) is 5. The van der Waals surface area contributed by atoms with Crippen LogP contribution in [0.3, 0.4) is 0 Å². The molecule has 1 N–H and O–H groups in total. The fourth-order valence-corrected chi connectivity index (χ4v) is 1.09. The summed E-state index contributed by atoms with van der Waals surface area (Å²) in [6, 6.07) is 8.45. The van der Waals surface area contributed by atoms with Gasteiger partial charge < -0.3 is 14.8 Å². The SMILES string of the molecule is COC(=O)COC(=O)CNC(=O)c1ccccc1. The summed E-state index contributed by atoms with van der Waals surface area (Å²) in [4.78, 5) is 33.4. The van der Waals surface area contributed by atoms with E-state index in [9.17, 15) is 14.4 Å². The topological polar surface area (TPSA) is 81.7 Å². The maximum absolute atomic E-state index is 11.5. The van der Waals surface area contributed by atoms with E-state index in [4.69, 9.17) is 0 Å². The molecule has 0 saturated carbocycles. The second-order valence-electron chi connectivity index (χ2n) is 3.29. The Labute approximate surface area is 104 Å². The highest BCUT2D eigenvalue weighted by molar-refractivity contribution is 5.95. The van der Waals surface area contributed by atoms with Crippen LogP contribution in [-0.4, -0.2) is 38.1 Å². The van der Waals surface area contributed by atoms with Crippen molar-refractivity contribution < 1.29 is 23.9 Å². The van der Waals surface area contributed by atoms with Crippen molar-refractivity contribution >= 4 is 17.8 Å². The van der Waals surface area contributed by atoms with Crippen LogP contribution in [0.1, 0.15) is 10.4 Å². The fraction of sp³-hybridized carbons (Fsp3) is 0.250. The normalized spacial score (nSPS) is 9.39. The van der Waals surface area contributed by atoms with E-state index in [0.717, 1.165) is 0 Å². The first-order valence-electron chi connectivity index (χ1n) is 5.19. The molecule has 1 aromatic rings. The molecule has 0 aliphatic heterocycles. The van der Waals surface area contributed by atoms with Crippen molar-refractivity contribution in [2.75, 3.05) is 20.3 Å². The van der Waals surface area contributed by atoms with Crippen LogP contribution in [0.25, 0.3) is 0 Å². The largest absolute Gasteiger partial charge is 0.466 e. The summed E-state index contributed by atoms with van der Waals surface area (Å²) < 4.78 is 8.84. The van der Waals surface area contributed by atoms with Gasteiger partial charge in [0.2, 0.25) is 0 Å². The van der Waals surface area contributed by atoms with Crippen molar-refractivity contribution in [2.45, 2.75) is 0 Å². The van der Waals surface area contributed by atoms with Crippen molar-refractivity contribution in [2.24, 2.45) is 0 Å². The lowest BCUT2D eigenvalue weighted by Crippen LogP contribution is -2.31. The van der Waals surface area contributed by atoms with Gasteiger partial charge in [-0.1, -0.05) is 18.2 Å². The summed E-state index contributed by atoms with van der Waals surface area (Å²) in [6.45, 7) is -0.763. The lowest BCUT2D eigenvalue weighted by molar-refractivity contribution is -0.156. The monoisotopic (exact) mass is 251 g/mol. The molecule has 0 radical (unpaired) electrons. The molecule has 0 aromatic heterocycles. The zero-order valence-electron chi connectivity index (χ0n) is 9.84. The number of carbonyl (C=O) groups excluding carboxylic acids is 3. The van der Waals surface area contributed by atoms with Crippen LogP contribution >= 0.6 is 0 Å². The van der Waals surface area contributed by atoms with Crippen molar-refractivity contribution in [3.05, 3.63) is 35.9 Å². The number of amides is 1. The number of hydrogen-bond donors (Lipinski definition) is 1. The first-order valence-corrected chi connectivity index (χ1v) is 5.19. The van der Waals surface area contributed by atoms with E-state index in [0.29, 0.717) is 5.56 Å². The molecule has 0 atom stereocenters. The lowest BCUT2D eigenvalue weighted by Gasteiger charge is -2.05. The van der Waals surface area contributed by atoms with Crippen LogP contribution in [0.2, 0.25) is 0 Å². The van der Waals surface area contributed by atoms with Crippen LogP contribution in [0.15, 0.2) is 30.3 Å². The van der Waals surface area contributed by atoms with Crippen molar-refractivity contribution in [1.29, 1.82) is 0 Å². The zero-order valence-corrected chi connectivity index (χ0v) is 9.84. The van der Waals surface area contributed by atoms with Gasteiger partial charge in [0.1, 0.15) is 6.54 Å². The number of nitrogens with one attached hydrogen (secondary N) is 1. The average Bonchev–Trinajstić information content (AvgIpc) is 2.42. The van der Waals surface area contributed by atoms with Gasteiger partial charge in [0, 0.05) is 5.56 Å². The van der Waals surface area contributed by atoms with E-state index >= 15 is 0 Å². The first kappa shape index (κ1) is 13.7. The molecule has 0 aliphatic rings. The number of methoxy groups -OCH3 is 1. The highest BCUT2D eigenvalue weighted by Crippen LogP contribution is 1.97. The smallest absolute Gasteiger partial charge is 0.344 e. The van der Waals surface area contributed by atoms with Crippen LogP contribution < -0.4 is 5.32 Å². The average molecular weight is 251 g/mol. The minimum atomic E-state index is -0.704. The Morgan fingerprint density at radius 1 is 1.11 bits per heavy atom.